The Balaban J connectivity index is 1.14. The number of anilines is 3. The molecular formula is C50H31N. The molecule has 0 aliphatic rings. The summed E-state index contributed by atoms with van der Waals surface area (Å²) in [7, 11) is 0. The van der Waals surface area contributed by atoms with E-state index in [0.29, 0.717) is 0 Å². The highest BCUT2D eigenvalue weighted by atomic mass is 15.1. The van der Waals surface area contributed by atoms with Gasteiger partial charge in [0.2, 0.25) is 0 Å². The Kier molecular flexibility index (Phi) is 6.02. The Hall–Kier alpha value is -6.70. The summed E-state index contributed by atoms with van der Waals surface area (Å²) in [5, 5.41) is 16.1. The van der Waals surface area contributed by atoms with Gasteiger partial charge in [0.1, 0.15) is 0 Å². The molecule has 0 bridgehead atoms. The van der Waals surface area contributed by atoms with Crippen LogP contribution in [-0.2, 0) is 0 Å². The van der Waals surface area contributed by atoms with E-state index in [1.54, 1.807) is 0 Å². The van der Waals surface area contributed by atoms with Crippen molar-refractivity contribution in [1.82, 2.24) is 0 Å². The summed E-state index contributed by atoms with van der Waals surface area (Å²) in [4.78, 5) is 2.40. The van der Waals surface area contributed by atoms with Crippen LogP contribution in [0.4, 0.5) is 17.1 Å². The van der Waals surface area contributed by atoms with Crippen molar-refractivity contribution in [2.45, 2.75) is 0 Å². The Labute approximate surface area is 295 Å². The first kappa shape index (κ1) is 28.2. The van der Waals surface area contributed by atoms with Crippen LogP contribution in [0.15, 0.2) is 188 Å². The minimum atomic E-state index is 1.12. The maximum Gasteiger partial charge on any atom is 0.0468 e. The maximum absolute atomic E-state index is 2.41. The lowest BCUT2D eigenvalue weighted by atomic mass is 9.95. The molecule has 0 unspecified atom stereocenters. The SMILES string of the molecule is c1ccc(-c2ccc(N(c3ccc(-c4ccccc4)cc3)c3ccc4c(c3)c3cccc5c6c7ccccc7c7cccc(c76)c4c35)cc2)cc1. The molecule has 0 atom stereocenters. The van der Waals surface area contributed by atoms with Gasteiger partial charge >= 0.3 is 0 Å². The average molecular weight is 646 g/mol. The second kappa shape index (κ2) is 10.9. The minimum Gasteiger partial charge on any atom is -0.310 e. The standard InChI is InChI=1S/C50H31N/c1-3-11-32(12-4-1)34-21-25-36(26-22-34)51(37-27-23-35(24-28-37)33-13-5-2-6-14-33)38-29-30-43-46(31-38)42-18-10-20-44-47-40-16-8-7-15-39(40)41-17-9-19-45(48(41)47)50(43)49(42)44/h1-31H. The molecule has 0 radical (unpaired) electrons. The highest BCUT2D eigenvalue weighted by Crippen LogP contribution is 2.51. The lowest BCUT2D eigenvalue weighted by molar-refractivity contribution is 1.29. The zero-order chi connectivity index (χ0) is 33.5. The third-order valence-electron chi connectivity index (χ3n) is 10.9. The molecule has 0 amide bonds. The fourth-order valence-electron chi connectivity index (χ4n) is 8.70. The first-order valence-corrected chi connectivity index (χ1v) is 17.7. The van der Waals surface area contributed by atoms with Crippen LogP contribution in [0.1, 0.15) is 0 Å². The fraction of sp³-hybridized carbons (Fsp3) is 0. The van der Waals surface area contributed by atoms with Crippen LogP contribution in [0.25, 0.3) is 86.9 Å². The molecular weight excluding hydrogens is 615 g/mol. The molecule has 1 heteroatoms. The van der Waals surface area contributed by atoms with Crippen LogP contribution in [0, 0.1) is 0 Å². The zero-order valence-electron chi connectivity index (χ0n) is 27.8. The van der Waals surface area contributed by atoms with Crippen LogP contribution in [0.2, 0.25) is 0 Å². The van der Waals surface area contributed by atoms with Crippen molar-refractivity contribution in [2.24, 2.45) is 0 Å². The summed E-state index contributed by atoms with van der Waals surface area (Å²) in [5.41, 5.74) is 8.24. The van der Waals surface area contributed by atoms with Gasteiger partial charge in [0.05, 0.1) is 0 Å². The first-order chi connectivity index (χ1) is 25.3. The summed E-state index contributed by atoms with van der Waals surface area (Å²) >= 11 is 0. The number of nitrogens with zero attached hydrogens (tertiary/aromatic N) is 1. The van der Waals surface area contributed by atoms with Gasteiger partial charge in [0.15, 0.2) is 0 Å². The average Bonchev–Trinajstić information content (AvgIpc) is 3.73. The lowest BCUT2D eigenvalue weighted by Gasteiger charge is -2.26. The molecule has 0 N–H and O–H groups in total. The van der Waals surface area contributed by atoms with Gasteiger partial charge in [-0.2, -0.15) is 0 Å². The number of benzene rings is 9. The quantitative estimate of drug-likeness (QED) is 0.168. The van der Waals surface area contributed by atoms with Crippen molar-refractivity contribution in [3.8, 4) is 22.3 Å². The van der Waals surface area contributed by atoms with Gasteiger partial charge < -0.3 is 4.90 Å². The molecule has 0 saturated heterocycles. The molecule has 0 aliphatic heterocycles. The van der Waals surface area contributed by atoms with Crippen LogP contribution in [-0.4, -0.2) is 0 Å². The normalized spacial score (nSPS) is 11.9. The summed E-state index contributed by atoms with van der Waals surface area (Å²) in [6, 6.07) is 68.9. The van der Waals surface area contributed by atoms with E-state index in [4.69, 9.17) is 0 Å². The van der Waals surface area contributed by atoms with Crippen molar-refractivity contribution in [2.75, 3.05) is 4.90 Å². The Bertz CT molecular complexity index is 2950. The van der Waals surface area contributed by atoms with E-state index in [1.807, 2.05) is 0 Å². The summed E-state index contributed by atoms with van der Waals surface area (Å²) in [6.45, 7) is 0. The van der Waals surface area contributed by atoms with Gasteiger partial charge in [-0.05, 0) is 123 Å². The van der Waals surface area contributed by atoms with E-state index < -0.39 is 0 Å². The molecule has 51 heavy (non-hydrogen) atoms. The van der Waals surface area contributed by atoms with Gasteiger partial charge in [-0.25, -0.2) is 0 Å². The Morgan fingerprint density at radius 3 is 1.08 bits per heavy atom. The van der Waals surface area contributed by atoms with Crippen LogP contribution < -0.4 is 4.90 Å². The largest absolute Gasteiger partial charge is 0.310 e. The van der Waals surface area contributed by atoms with Gasteiger partial charge in [-0.3, -0.25) is 0 Å². The van der Waals surface area contributed by atoms with Gasteiger partial charge in [0.25, 0.3) is 0 Å². The third-order valence-corrected chi connectivity index (χ3v) is 10.9. The van der Waals surface area contributed by atoms with Crippen LogP contribution in [0.3, 0.4) is 0 Å². The summed E-state index contributed by atoms with van der Waals surface area (Å²) in [5.74, 6) is 0. The molecule has 236 valence electrons. The van der Waals surface area contributed by atoms with Crippen molar-refractivity contribution < 1.29 is 0 Å². The number of fused-ring (bicyclic) bond motifs is 8. The molecule has 11 aromatic rings. The van der Waals surface area contributed by atoms with E-state index in [-0.39, 0.29) is 0 Å². The zero-order valence-corrected chi connectivity index (χ0v) is 27.8. The fourth-order valence-corrected chi connectivity index (χ4v) is 8.70. The van der Waals surface area contributed by atoms with Crippen LogP contribution >= 0.6 is 0 Å². The lowest BCUT2D eigenvalue weighted by Crippen LogP contribution is -2.09. The van der Waals surface area contributed by atoms with Crippen molar-refractivity contribution >= 4 is 81.7 Å². The van der Waals surface area contributed by atoms with Gasteiger partial charge in [-0.15, -0.1) is 0 Å². The molecule has 11 aromatic carbocycles. The van der Waals surface area contributed by atoms with Gasteiger partial charge in [-0.1, -0.05) is 152 Å². The van der Waals surface area contributed by atoms with Crippen molar-refractivity contribution in [1.29, 1.82) is 0 Å². The second-order valence-corrected chi connectivity index (χ2v) is 13.6. The van der Waals surface area contributed by atoms with E-state index in [1.165, 1.54) is 86.9 Å². The Morgan fingerprint density at radius 2 is 0.569 bits per heavy atom. The number of hydrogen-bond acceptors (Lipinski definition) is 1. The molecule has 0 spiro atoms. The summed E-state index contributed by atoms with van der Waals surface area (Å²) in [6.07, 6.45) is 0. The molecule has 0 aliphatic carbocycles. The van der Waals surface area contributed by atoms with E-state index in [9.17, 15) is 0 Å². The highest BCUT2D eigenvalue weighted by molar-refractivity contribution is 6.47. The first-order valence-electron chi connectivity index (χ1n) is 17.7. The number of rotatable bonds is 5. The van der Waals surface area contributed by atoms with Gasteiger partial charge in [0, 0.05) is 17.1 Å². The topological polar surface area (TPSA) is 3.24 Å². The number of hydrogen-bond donors (Lipinski definition) is 0. The molecule has 0 fully saturated rings. The third kappa shape index (κ3) is 4.16. The molecule has 0 heterocycles. The monoisotopic (exact) mass is 645 g/mol. The molecule has 0 aromatic heterocycles. The molecule has 1 nitrogen and oxygen atoms in total. The maximum atomic E-state index is 2.41. The van der Waals surface area contributed by atoms with Crippen molar-refractivity contribution in [3.63, 3.8) is 0 Å². The van der Waals surface area contributed by atoms with Crippen molar-refractivity contribution in [3.05, 3.63) is 188 Å². The summed E-state index contributed by atoms with van der Waals surface area (Å²) < 4.78 is 0. The predicted molar refractivity (Wildman–Crippen MR) is 219 cm³/mol. The molecule has 0 saturated carbocycles. The highest BCUT2D eigenvalue weighted by Gasteiger charge is 2.22. The predicted octanol–water partition coefficient (Wildman–Crippen LogP) is 14.3. The smallest absolute Gasteiger partial charge is 0.0468 e. The Morgan fingerprint density at radius 1 is 0.216 bits per heavy atom. The van der Waals surface area contributed by atoms with E-state index in [2.05, 4.69) is 193 Å². The van der Waals surface area contributed by atoms with Crippen LogP contribution in [0.5, 0.6) is 0 Å². The van der Waals surface area contributed by atoms with E-state index >= 15 is 0 Å². The van der Waals surface area contributed by atoms with E-state index in [0.717, 1.165) is 17.1 Å². The second-order valence-electron chi connectivity index (χ2n) is 13.6. The molecule has 11 rings (SSSR count). The minimum absolute atomic E-state index is 1.12.